The first-order valence-corrected chi connectivity index (χ1v) is 7.24. The smallest absolute Gasteiger partial charge is 0.228 e. The summed E-state index contributed by atoms with van der Waals surface area (Å²) in [5.41, 5.74) is 3.38. The van der Waals surface area contributed by atoms with Crippen LogP contribution in [0.1, 0.15) is 28.7 Å². The highest BCUT2D eigenvalue weighted by atomic mass is 16.5. The molecule has 22 heavy (non-hydrogen) atoms. The molecule has 2 aromatic heterocycles. The van der Waals surface area contributed by atoms with Gasteiger partial charge in [0.15, 0.2) is 11.8 Å². The summed E-state index contributed by atoms with van der Waals surface area (Å²) in [5, 5.41) is 14.7. The number of hydrogen-bond donors (Lipinski definition) is 2. The third-order valence-corrected chi connectivity index (χ3v) is 3.52. The molecule has 0 bridgehead atoms. The number of aliphatic imine (C=N–C) groups is 1. The van der Waals surface area contributed by atoms with Gasteiger partial charge in [-0.2, -0.15) is 10.1 Å². The predicted octanol–water partition coefficient (Wildman–Crippen LogP) is 0.636. The third-order valence-electron chi connectivity index (χ3n) is 3.52. The van der Waals surface area contributed by atoms with Crippen LogP contribution in [0.2, 0.25) is 0 Å². The Morgan fingerprint density at radius 3 is 2.59 bits per heavy atom. The topological polar surface area (TPSA) is 93.2 Å². The number of nitrogens with one attached hydrogen (secondary N) is 2. The maximum absolute atomic E-state index is 5.07. The maximum atomic E-state index is 5.07. The Kier molecular flexibility index (Phi) is 5.13. The van der Waals surface area contributed by atoms with Crippen LogP contribution in [0.4, 0.5) is 0 Å². The van der Waals surface area contributed by atoms with Gasteiger partial charge >= 0.3 is 0 Å². The van der Waals surface area contributed by atoms with E-state index in [0.29, 0.717) is 31.2 Å². The van der Waals surface area contributed by atoms with Crippen molar-refractivity contribution in [2.45, 2.75) is 33.7 Å². The molecular weight excluding hydrogens is 282 g/mol. The number of guanidine groups is 1. The standard InChI is InChI=1S/C14H23N7O/c1-9-12(10(2)21(5)19-9)8-17-14(15-4)16-7-6-13-18-11(3)20-22-13/h6-8H2,1-5H3,(H2,15,16,17). The van der Waals surface area contributed by atoms with Crippen molar-refractivity contribution in [3.63, 3.8) is 0 Å². The van der Waals surface area contributed by atoms with Gasteiger partial charge in [-0.3, -0.25) is 9.67 Å². The molecule has 0 aliphatic heterocycles. The summed E-state index contributed by atoms with van der Waals surface area (Å²) in [6.45, 7) is 7.24. The van der Waals surface area contributed by atoms with E-state index < -0.39 is 0 Å². The fourth-order valence-electron chi connectivity index (χ4n) is 2.20. The summed E-state index contributed by atoms with van der Waals surface area (Å²) in [6.07, 6.45) is 0.659. The molecule has 0 radical (unpaired) electrons. The van der Waals surface area contributed by atoms with E-state index >= 15 is 0 Å². The van der Waals surface area contributed by atoms with Crippen LogP contribution in [0.25, 0.3) is 0 Å². The molecule has 0 aliphatic carbocycles. The van der Waals surface area contributed by atoms with E-state index in [1.165, 1.54) is 5.56 Å². The Balaban J connectivity index is 1.82. The molecule has 0 atom stereocenters. The Hall–Kier alpha value is -2.38. The van der Waals surface area contributed by atoms with Gasteiger partial charge in [-0.15, -0.1) is 0 Å². The Labute approximate surface area is 130 Å². The second-order valence-corrected chi connectivity index (χ2v) is 5.11. The van der Waals surface area contributed by atoms with E-state index in [1.54, 1.807) is 14.0 Å². The second kappa shape index (κ2) is 7.06. The van der Waals surface area contributed by atoms with Crippen LogP contribution in [0.3, 0.4) is 0 Å². The zero-order valence-electron chi connectivity index (χ0n) is 13.8. The molecule has 0 fully saturated rings. The monoisotopic (exact) mass is 305 g/mol. The normalized spacial score (nSPS) is 11.8. The third kappa shape index (κ3) is 3.84. The fraction of sp³-hybridized carbons (Fsp3) is 0.571. The minimum absolute atomic E-state index is 0.624. The molecule has 120 valence electrons. The van der Waals surface area contributed by atoms with Crippen molar-refractivity contribution in [3.8, 4) is 0 Å². The molecular formula is C14H23N7O. The molecule has 2 aromatic rings. The van der Waals surface area contributed by atoms with E-state index in [9.17, 15) is 0 Å². The highest BCUT2D eigenvalue weighted by Crippen LogP contribution is 2.10. The van der Waals surface area contributed by atoms with Crippen molar-refractivity contribution >= 4 is 5.96 Å². The number of aromatic nitrogens is 4. The minimum Gasteiger partial charge on any atom is -0.356 e. The lowest BCUT2D eigenvalue weighted by Gasteiger charge is -2.11. The first-order valence-electron chi connectivity index (χ1n) is 7.24. The SMILES string of the molecule is CN=C(NCCc1nc(C)no1)NCc1c(C)nn(C)c1C. The quantitative estimate of drug-likeness (QED) is 0.622. The molecule has 0 unspecified atom stereocenters. The average molecular weight is 305 g/mol. The zero-order valence-corrected chi connectivity index (χ0v) is 13.8. The van der Waals surface area contributed by atoms with Crippen LogP contribution in [-0.2, 0) is 20.0 Å². The van der Waals surface area contributed by atoms with Crippen LogP contribution in [-0.4, -0.2) is 39.5 Å². The van der Waals surface area contributed by atoms with Crippen LogP contribution in [0, 0.1) is 20.8 Å². The largest absolute Gasteiger partial charge is 0.356 e. The molecule has 2 rings (SSSR count). The Bertz CT molecular complexity index is 656. The summed E-state index contributed by atoms with van der Waals surface area (Å²) < 4.78 is 6.96. The van der Waals surface area contributed by atoms with E-state index in [-0.39, 0.29) is 0 Å². The highest BCUT2D eigenvalue weighted by molar-refractivity contribution is 5.79. The van der Waals surface area contributed by atoms with Crippen molar-refractivity contribution in [2.24, 2.45) is 12.0 Å². The Morgan fingerprint density at radius 2 is 2.05 bits per heavy atom. The van der Waals surface area contributed by atoms with E-state index in [0.717, 1.165) is 17.3 Å². The van der Waals surface area contributed by atoms with Gasteiger partial charge in [0.25, 0.3) is 0 Å². The van der Waals surface area contributed by atoms with Crippen molar-refractivity contribution in [1.82, 2.24) is 30.6 Å². The van der Waals surface area contributed by atoms with Gasteiger partial charge in [0, 0.05) is 44.9 Å². The lowest BCUT2D eigenvalue weighted by Crippen LogP contribution is -2.38. The van der Waals surface area contributed by atoms with Crippen molar-refractivity contribution in [2.75, 3.05) is 13.6 Å². The lowest BCUT2D eigenvalue weighted by atomic mass is 10.2. The molecule has 0 saturated carbocycles. The molecule has 8 heteroatoms. The van der Waals surface area contributed by atoms with Gasteiger partial charge in [-0.05, 0) is 20.8 Å². The summed E-state index contributed by atoms with van der Waals surface area (Å²) in [6, 6.07) is 0. The lowest BCUT2D eigenvalue weighted by molar-refractivity contribution is 0.374. The van der Waals surface area contributed by atoms with Gasteiger partial charge < -0.3 is 15.2 Å². The average Bonchev–Trinajstić information content (AvgIpc) is 2.99. The molecule has 0 aliphatic rings. The van der Waals surface area contributed by atoms with Gasteiger partial charge in [0.05, 0.1) is 5.69 Å². The van der Waals surface area contributed by atoms with Crippen LogP contribution in [0.5, 0.6) is 0 Å². The van der Waals surface area contributed by atoms with E-state index in [2.05, 4.69) is 37.8 Å². The summed E-state index contributed by atoms with van der Waals surface area (Å²) in [7, 11) is 3.69. The van der Waals surface area contributed by atoms with Crippen LogP contribution >= 0.6 is 0 Å². The van der Waals surface area contributed by atoms with Gasteiger partial charge in [0.1, 0.15) is 0 Å². The van der Waals surface area contributed by atoms with Gasteiger partial charge in [-0.1, -0.05) is 5.16 Å². The number of rotatable bonds is 5. The predicted molar refractivity (Wildman–Crippen MR) is 83.6 cm³/mol. The van der Waals surface area contributed by atoms with Crippen LogP contribution < -0.4 is 10.6 Å². The second-order valence-electron chi connectivity index (χ2n) is 5.11. The van der Waals surface area contributed by atoms with E-state index in [1.807, 2.05) is 18.7 Å². The molecule has 0 saturated heterocycles. The first kappa shape index (κ1) is 16.0. The van der Waals surface area contributed by atoms with Crippen molar-refractivity contribution < 1.29 is 4.52 Å². The number of aryl methyl sites for hydroxylation is 3. The molecule has 0 amide bonds. The molecule has 0 spiro atoms. The summed E-state index contributed by atoms with van der Waals surface area (Å²) in [4.78, 5) is 8.37. The summed E-state index contributed by atoms with van der Waals surface area (Å²) in [5.74, 6) is 2.01. The molecule has 2 heterocycles. The Morgan fingerprint density at radius 1 is 1.27 bits per heavy atom. The number of nitrogens with zero attached hydrogens (tertiary/aromatic N) is 5. The van der Waals surface area contributed by atoms with E-state index in [4.69, 9.17) is 4.52 Å². The summed E-state index contributed by atoms with van der Waals surface area (Å²) >= 11 is 0. The maximum Gasteiger partial charge on any atom is 0.228 e. The minimum atomic E-state index is 0.624. The van der Waals surface area contributed by atoms with Crippen LogP contribution in [0.15, 0.2) is 9.52 Å². The van der Waals surface area contributed by atoms with Crippen molar-refractivity contribution in [1.29, 1.82) is 0 Å². The molecule has 8 nitrogen and oxygen atoms in total. The first-order chi connectivity index (χ1) is 10.5. The zero-order chi connectivity index (χ0) is 16.1. The van der Waals surface area contributed by atoms with Gasteiger partial charge in [0.2, 0.25) is 5.89 Å². The fourth-order valence-corrected chi connectivity index (χ4v) is 2.20. The molecule has 0 aromatic carbocycles. The highest BCUT2D eigenvalue weighted by Gasteiger charge is 2.10. The number of hydrogen-bond acceptors (Lipinski definition) is 5. The molecule has 2 N–H and O–H groups in total. The van der Waals surface area contributed by atoms with Gasteiger partial charge in [-0.25, -0.2) is 0 Å². The van der Waals surface area contributed by atoms with Crippen molar-refractivity contribution in [3.05, 3.63) is 28.7 Å².